The summed E-state index contributed by atoms with van der Waals surface area (Å²) in [6.45, 7) is 0.849. The van der Waals surface area contributed by atoms with E-state index < -0.39 is 5.54 Å². The summed E-state index contributed by atoms with van der Waals surface area (Å²) in [5.41, 5.74) is 1.78. The normalized spacial score (nSPS) is 18.9. The predicted molar refractivity (Wildman–Crippen MR) is 109 cm³/mol. The topological polar surface area (TPSA) is 67.0 Å². The van der Waals surface area contributed by atoms with Crippen molar-refractivity contribution < 1.29 is 9.53 Å². The molecule has 4 rings (SSSR count). The molecular weight excluding hydrogens is 397 g/mol. The van der Waals surface area contributed by atoms with Crippen LogP contribution in [0.15, 0.2) is 42.5 Å². The van der Waals surface area contributed by atoms with Gasteiger partial charge in [-0.3, -0.25) is 4.79 Å². The second-order valence-corrected chi connectivity index (χ2v) is 7.67. The molecular formula is C21H17Cl2N3O2. The van der Waals surface area contributed by atoms with Gasteiger partial charge in [-0.1, -0.05) is 41.4 Å². The van der Waals surface area contributed by atoms with Crippen LogP contribution in [0, 0.1) is 11.3 Å². The molecule has 0 bridgehead atoms. The monoisotopic (exact) mass is 413 g/mol. The Morgan fingerprint density at radius 1 is 1.29 bits per heavy atom. The quantitative estimate of drug-likeness (QED) is 0.691. The number of nitrogens with zero attached hydrogens (tertiary/aromatic N) is 2. The minimum absolute atomic E-state index is 0.312. The molecule has 5 nitrogen and oxygen atoms in total. The molecule has 1 aliphatic heterocycles. The number of hydrogen-bond acceptors (Lipinski definition) is 3. The molecule has 1 saturated heterocycles. The van der Waals surface area contributed by atoms with Crippen molar-refractivity contribution in [1.82, 2.24) is 9.88 Å². The number of fused-ring (bicyclic) bond motifs is 1. The van der Waals surface area contributed by atoms with Crippen LogP contribution in [0.4, 0.5) is 0 Å². The fourth-order valence-corrected chi connectivity index (χ4v) is 4.50. The van der Waals surface area contributed by atoms with E-state index in [0.29, 0.717) is 46.3 Å². The molecule has 142 valence electrons. The van der Waals surface area contributed by atoms with Gasteiger partial charge in [-0.15, -0.1) is 0 Å². The highest BCUT2D eigenvalue weighted by molar-refractivity contribution is 6.44. The van der Waals surface area contributed by atoms with E-state index in [1.807, 2.05) is 24.3 Å². The fraction of sp³-hybridized carbons (Fsp3) is 0.238. The van der Waals surface area contributed by atoms with Gasteiger partial charge in [0.05, 0.1) is 39.3 Å². The number of carbonyl (C=O) groups excluding carboxylic acids is 1. The van der Waals surface area contributed by atoms with Crippen molar-refractivity contribution in [2.45, 2.75) is 12.0 Å². The molecule has 2 aromatic carbocycles. The number of nitriles is 1. The lowest BCUT2D eigenvalue weighted by Crippen LogP contribution is -2.47. The van der Waals surface area contributed by atoms with Crippen LogP contribution in [0.5, 0.6) is 0 Å². The number of hydrogen-bond donors (Lipinski definition) is 1. The highest BCUT2D eigenvalue weighted by Gasteiger charge is 2.39. The van der Waals surface area contributed by atoms with Crippen molar-refractivity contribution >= 4 is 40.0 Å². The molecule has 0 saturated carbocycles. The van der Waals surface area contributed by atoms with Gasteiger partial charge in [0.25, 0.3) is 5.91 Å². The Labute approximate surface area is 172 Å². The van der Waals surface area contributed by atoms with Gasteiger partial charge < -0.3 is 14.6 Å². The van der Waals surface area contributed by atoms with E-state index in [2.05, 4.69) is 11.4 Å². The molecule has 3 aromatic rings. The lowest BCUT2D eigenvalue weighted by molar-refractivity contribution is 0.0868. The summed E-state index contributed by atoms with van der Waals surface area (Å²) in [5.74, 6) is -0.312. The molecule has 7 heteroatoms. The van der Waals surface area contributed by atoms with Crippen molar-refractivity contribution in [2.75, 3.05) is 13.2 Å². The van der Waals surface area contributed by atoms with Gasteiger partial charge in [-0.05, 0) is 29.8 Å². The van der Waals surface area contributed by atoms with Gasteiger partial charge in [0, 0.05) is 25.5 Å². The molecule has 1 amide bonds. The molecule has 2 heterocycles. The fourth-order valence-electron chi connectivity index (χ4n) is 3.77. The van der Waals surface area contributed by atoms with E-state index in [9.17, 15) is 10.1 Å². The molecule has 0 spiro atoms. The first kappa shape index (κ1) is 18.8. The minimum atomic E-state index is -0.715. The molecule has 1 fully saturated rings. The standard InChI is InChI=1S/C21H17Cl2N3O2/c1-26-16-7-3-6-15(22)17(16)18(23)19(26)20(27)25-21(8-9-28-12-21)14-5-2-4-13(10-14)11-24/h2-7,10H,8-9,12H2,1H3,(H,25,27). The molecule has 0 aliphatic carbocycles. The molecule has 0 radical (unpaired) electrons. The molecule has 1 N–H and O–H groups in total. The molecule has 28 heavy (non-hydrogen) atoms. The predicted octanol–water partition coefficient (Wildman–Crippen LogP) is 4.40. The maximum atomic E-state index is 13.3. The van der Waals surface area contributed by atoms with Crippen molar-refractivity contribution in [2.24, 2.45) is 7.05 Å². The van der Waals surface area contributed by atoms with Gasteiger partial charge >= 0.3 is 0 Å². The summed E-state index contributed by atoms with van der Waals surface area (Å²) < 4.78 is 7.35. The van der Waals surface area contributed by atoms with E-state index in [-0.39, 0.29) is 5.91 Å². The van der Waals surface area contributed by atoms with E-state index in [0.717, 1.165) is 11.1 Å². The number of amides is 1. The van der Waals surface area contributed by atoms with Gasteiger partial charge in [0.1, 0.15) is 5.69 Å². The number of aryl methyl sites for hydroxylation is 1. The summed E-state index contributed by atoms with van der Waals surface area (Å²) in [4.78, 5) is 13.3. The number of nitrogens with one attached hydrogen (secondary N) is 1. The zero-order valence-electron chi connectivity index (χ0n) is 15.1. The minimum Gasteiger partial charge on any atom is -0.379 e. The Morgan fingerprint density at radius 3 is 2.75 bits per heavy atom. The van der Waals surface area contributed by atoms with Crippen LogP contribution in [0.25, 0.3) is 10.9 Å². The first-order valence-corrected chi connectivity index (χ1v) is 9.56. The largest absolute Gasteiger partial charge is 0.379 e. The third-order valence-corrected chi connectivity index (χ3v) is 5.93. The Hall–Kier alpha value is -2.52. The van der Waals surface area contributed by atoms with Gasteiger partial charge in [0.15, 0.2) is 0 Å². The van der Waals surface area contributed by atoms with Gasteiger partial charge in [-0.2, -0.15) is 5.26 Å². The lowest BCUT2D eigenvalue weighted by Gasteiger charge is -2.29. The SMILES string of the molecule is Cn1c(C(=O)NC2(c3cccc(C#N)c3)CCOC2)c(Cl)c2c(Cl)cccc21. The number of rotatable bonds is 3. The summed E-state index contributed by atoms with van der Waals surface area (Å²) in [6.07, 6.45) is 0.607. The number of ether oxygens (including phenoxy) is 1. The lowest BCUT2D eigenvalue weighted by atomic mass is 9.88. The summed E-state index contributed by atoms with van der Waals surface area (Å²) >= 11 is 12.8. The van der Waals surface area contributed by atoms with Crippen LogP contribution in [0.3, 0.4) is 0 Å². The third kappa shape index (κ3) is 2.94. The first-order chi connectivity index (χ1) is 13.5. The summed E-state index contributed by atoms with van der Waals surface area (Å²) in [5, 5.41) is 13.8. The maximum absolute atomic E-state index is 13.3. The molecule has 1 aliphatic rings. The van der Waals surface area contributed by atoms with Crippen LogP contribution in [0.2, 0.25) is 10.0 Å². The third-order valence-electron chi connectivity index (χ3n) is 5.25. The van der Waals surface area contributed by atoms with E-state index in [4.69, 9.17) is 27.9 Å². The smallest absolute Gasteiger partial charge is 0.270 e. The molecule has 1 atom stereocenters. The van der Waals surface area contributed by atoms with Crippen LogP contribution >= 0.6 is 23.2 Å². The van der Waals surface area contributed by atoms with E-state index >= 15 is 0 Å². The summed E-state index contributed by atoms with van der Waals surface area (Å²) in [6, 6.07) is 14.8. The number of carbonyl (C=O) groups is 1. The Bertz CT molecular complexity index is 1120. The van der Waals surface area contributed by atoms with Crippen molar-refractivity contribution in [3.63, 3.8) is 0 Å². The number of benzene rings is 2. The zero-order valence-corrected chi connectivity index (χ0v) is 16.6. The van der Waals surface area contributed by atoms with Gasteiger partial charge in [-0.25, -0.2) is 0 Å². The van der Waals surface area contributed by atoms with E-state index in [1.54, 1.807) is 29.8 Å². The first-order valence-electron chi connectivity index (χ1n) is 8.80. The van der Waals surface area contributed by atoms with Crippen LogP contribution in [0.1, 0.15) is 28.0 Å². The highest BCUT2D eigenvalue weighted by atomic mass is 35.5. The van der Waals surface area contributed by atoms with Crippen LogP contribution in [-0.4, -0.2) is 23.7 Å². The Balaban J connectivity index is 1.77. The molecule has 1 unspecified atom stereocenters. The average molecular weight is 414 g/mol. The maximum Gasteiger partial charge on any atom is 0.270 e. The second kappa shape index (κ2) is 7.14. The van der Waals surface area contributed by atoms with Crippen molar-refractivity contribution in [3.05, 3.63) is 69.3 Å². The van der Waals surface area contributed by atoms with Crippen LogP contribution < -0.4 is 5.32 Å². The van der Waals surface area contributed by atoms with Crippen molar-refractivity contribution in [1.29, 1.82) is 5.26 Å². The molecule has 1 aromatic heterocycles. The number of aromatic nitrogens is 1. The van der Waals surface area contributed by atoms with Crippen molar-refractivity contribution in [3.8, 4) is 6.07 Å². The zero-order chi connectivity index (χ0) is 19.9. The van der Waals surface area contributed by atoms with Gasteiger partial charge in [0.2, 0.25) is 0 Å². The Kier molecular flexibility index (Phi) is 4.80. The highest BCUT2D eigenvalue weighted by Crippen LogP contribution is 2.37. The summed E-state index contributed by atoms with van der Waals surface area (Å²) in [7, 11) is 1.79. The van der Waals surface area contributed by atoms with Crippen LogP contribution in [-0.2, 0) is 17.3 Å². The number of halogens is 2. The second-order valence-electron chi connectivity index (χ2n) is 6.89. The Morgan fingerprint density at radius 2 is 2.07 bits per heavy atom. The average Bonchev–Trinajstić information content (AvgIpc) is 3.26. The van der Waals surface area contributed by atoms with E-state index in [1.165, 1.54) is 0 Å².